The van der Waals surface area contributed by atoms with Gasteiger partial charge in [0.2, 0.25) is 5.91 Å². The number of furan rings is 1. The highest BCUT2D eigenvalue weighted by molar-refractivity contribution is 5.91. The molecule has 1 aliphatic carbocycles. The van der Waals surface area contributed by atoms with Crippen LogP contribution in [0.2, 0.25) is 0 Å². The summed E-state index contributed by atoms with van der Waals surface area (Å²) in [5, 5.41) is 15.0. The molecule has 5 nitrogen and oxygen atoms in total. The van der Waals surface area contributed by atoms with E-state index in [4.69, 9.17) is 9.52 Å². The first-order chi connectivity index (χ1) is 11.0. The number of hydrogen-bond acceptors (Lipinski definition) is 4. The maximum atomic E-state index is 11.3. The van der Waals surface area contributed by atoms with Crippen LogP contribution in [-0.4, -0.2) is 17.6 Å². The van der Waals surface area contributed by atoms with Crippen LogP contribution in [0.4, 0.5) is 11.4 Å². The Morgan fingerprint density at radius 3 is 2.91 bits per heavy atom. The molecular weight excluding hydrogens is 292 g/mol. The second-order valence-electron chi connectivity index (χ2n) is 6.83. The Kier molecular flexibility index (Phi) is 4.13. The number of amides is 1. The first kappa shape index (κ1) is 15.6. The van der Waals surface area contributed by atoms with Crippen molar-refractivity contribution in [2.24, 2.45) is 5.41 Å². The molecule has 0 spiro atoms. The highest BCUT2D eigenvalue weighted by Crippen LogP contribution is 2.42. The maximum Gasteiger partial charge on any atom is 0.250 e. The molecule has 3 rings (SSSR count). The van der Waals surface area contributed by atoms with Crippen molar-refractivity contribution in [2.45, 2.75) is 32.7 Å². The number of aliphatic hydroxyl groups is 1. The minimum atomic E-state index is -0.521. The molecule has 0 fully saturated rings. The van der Waals surface area contributed by atoms with E-state index in [1.807, 2.05) is 24.3 Å². The lowest BCUT2D eigenvalue weighted by Gasteiger charge is -2.35. The summed E-state index contributed by atoms with van der Waals surface area (Å²) in [6, 6.07) is 9.72. The molecule has 1 aliphatic rings. The molecule has 0 radical (unpaired) electrons. The monoisotopic (exact) mass is 314 g/mol. The predicted molar refractivity (Wildman–Crippen MR) is 89.3 cm³/mol. The van der Waals surface area contributed by atoms with Gasteiger partial charge >= 0.3 is 0 Å². The Hall–Kier alpha value is -2.27. The number of anilines is 2. The molecule has 0 saturated heterocycles. The van der Waals surface area contributed by atoms with Gasteiger partial charge in [0.1, 0.15) is 12.4 Å². The second kappa shape index (κ2) is 6.08. The fourth-order valence-electron chi connectivity index (χ4n) is 3.19. The van der Waals surface area contributed by atoms with Gasteiger partial charge in [-0.1, -0.05) is 19.9 Å². The lowest BCUT2D eigenvalue weighted by molar-refractivity contribution is -0.118. The van der Waals surface area contributed by atoms with Crippen LogP contribution in [0.25, 0.3) is 0 Å². The van der Waals surface area contributed by atoms with Gasteiger partial charge in [0.15, 0.2) is 0 Å². The third kappa shape index (κ3) is 3.56. The number of aliphatic hydroxyl groups excluding tert-OH is 1. The summed E-state index contributed by atoms with van der Waals surface area (Å²) in [4.78, 5) is 11.3. The second-order valence-corrected chi connectivity index (χ2v) is 6.83. The molecule has 0 saturated carbocycles. The van der Waals surface area contributed by atoms with Crippen LogP contribution < -0.4 is 10.6 Å². The number of carbonyl (C=O) groups excluding carboxylic acids is 1. The molecule has 1 heterocycles. The molecule has 122 valence electrons. The molecule has 0 aliphatic heterocycles. The molecule has 1 amide bonds. The van der Waals surface area contributed by atoms with Crippen LogP contribution in [0.3, 0.4) is 0 Å². The molecule has 0 bridgehead atoms. The first-order valence-electron chi connectivity index (χ1n) is 7.80. The quantitative estimate of drug-likeness (QED) is 0.809. The fourth-order valence-corrected chi connectivity index (χ4v) is 3.19. The van der Waals surface area contributed by atoms with E-state index in [2.05, 4.69) is 24.5 Å². The van der Waals surface area contributed by atoms with E-state index < -0.39 is 12.5 Å². The van der Waals surface area contributed by atoms with E-state index in [1.165, 1.54) is 5.56 Å². The van der Waals surface area contributed by atoms with Crippen LogP contribution >= 0.6 is 0 Å². The average Bonchev–Trinajstić information content (AvgIpc) is 2.94. The normalized spacial score (nSPS) is 19.0. The molecule has 1 unspecified atom stereocenters. The minimum absolute atomic E-state index is 0.172. The summed E-state index contributed by atoms with van der Waals surface area (Å²) in [5.74, 6) is 0.626. The first-order valence-corrected chi connectivity index (χ1v) is 7.80. The molecule has 1 atom stereocenters. The van der Waals surface area contributed by atoms with Gasteiger partial charge in [-0.15, -0.1) is 0 Å². The molecule has 5 heteroatoms. The van der Waals surface area contributed by atoms with Crippen LogP contribution in [-0.2, 0) is 11.2 Å². The Labute approximate surface area is 135 Å². The molecular formula is C18H22N2O3. The van der Waals surface area contributed by atoms with Crippen LogP contribution in [0.15, 0.2) is 41.0 Å². The number of nitrogens with one attached hydrogen (secondary N) is 2. The van der Waals surface area contributed by atoms with Crippen molar-refractivity contribution < 1.29 is 14.3 Å². The van der Waals surface area contributed by atoms with Crippen LogP contribution in [0.5, 0.6) is 0 Å². The Morgan fingerprint density at radius 1 is 1.35 bits per heavy atom. The van der Waals surface area contributed by atoms with Crippen molar-refractivity contribution in [3.63, 3.8) is 0 Å². The minimum Gasteiger partial charge on any atom is -0.469 e. The zero-order valence-corrected chi connectivity index (χ0v) is 13.4. The number of benzene rings is 1. The predicted octanol–water partition coefficient (Wildman–Crippen LogP) is 3.34. The van der Waals surface area contributed by atoms with Gasteiger partial charge in [-0.2, -0.15) is 0 Å². The topological polar surface area (TPSA) is 74.5 Å². The number of hydrogen-bond donors (Lipinski definition) is 3. The van der Waals surface area contributed by atoms with Gasteiger partial charge < -0.3 is 20.2 Å². The summed E-state index contributed by atoms with van der Waals surface area (Å²) in [6.45, 7) is 3.96. The van der Waals surface area contributed by atoms with Gasteiger partial charge in [0.25, 0.3) is 0 Å². The third-order valence-electron chi connectivity index (χ3n) is 4.18. The van der Waals surface area contributed by atoms with Gasteiger partial charge in [0, 0.05) is 23.4 Å². The van der Waals surface area contributed by atoms with E-state index in [9.17, 15) is 4.79 Å². The standard InChI is InChI=1S/C18H22N2O3/c1-18(2)9-15(14-6-7-23-16(14)10-18)19-12-4-3-5-13(8-12)20-17(22)11-21/h3-8,15,19,21H,9-11H2,1-2H3,(H,20,22). The summed E-state index contributed by atoms with van der Waals surface area (Å²) in [5.41, 5.74) is 2.96. The van der Waals surface area contributed by atoms with Gasteiger partial charge in [-0.05, 0) is 36.1 Å². The largest absolute Gasteiger partial charge is 0.469 e. The summed E-state index contributed by atoms with van der Waals surface area (Å²) < 4.78 is 5.63. The molecule has 1 aromatic carbocycles. The van der Waals surface area contributed by atoms with Crippen molar-refractivity contribution in [1.29, 1.82) is 0 Å². The highest BCUT2D eigenvalue weighted by atomic mass is 16.3. The molecule has 1 aromatic heterocycles. The van der Waals surface area contributed by atoms with Crippen molar-refractivity contribution >= 4 is 17.3 Å². The number of carbonyl (C=O) groups is 1. The third-order valence-corrected chi connectivity index (χ3v) is 4.18. The Morgan fingerprint density at radius 2 is 2.13 bits per heavy atom. The fraction of sp³-hybridized carbons (Fsp3) is 0.389. The van der Waals surface area contributed by atoms with Crippen molar-refractivity contribution in [3.8, 4) is 0 Å². The Balaban J connectivity index is 1.80. The zero-order valence-electron chi connectivity index (χ0n) is 13.4. The highest BCUT2D eigenvalue weighted by Gasteiger charge is 2.34. The smallest absolute Gasteiger partial charge is 0.250 e. The van der Waals surface area contributed by atoms with E-state index in [-0.39, 0.29) is 11.5 Å². The summed E-state index contributed by atoms with van der Waals surface area (Å²) in [6.07, 6.45) is 3.70. The van der Waals surface area contributed by atoms with Gasteiger partial charge in [-0.3, -0.25) is 4.79 Å². The van der Waals surface area contributed by atoms with Crippen LogP contribution in [0.1, 0.15) is 37.6 Å². The van der Waals surface area contributed by atoms with Crippen molar-refractivity contribution in [2.75, 3.05) is 17.2 Å². The molecule has 23 heavy (non-hydrogen) atoms. The van der Waals surface area contributed by atoms with Gasteiger partial charge in [0.05, 0.1) is 12.3 Å². The summed E-state index contributed by atoms with van der Waals surface area (Å²) in [7, 11) is 0. The lowest BCUT2D eigenvalue weighted by Crippen LogP contribution is -2.28. The average molecular weight is 314 g/mol. The van der Waals surface area contributed by atoms with Crippen molar-refractivity contribution in [1.82, 2.24) is 0 Å². The number of fused-ring (bicyclic) bond motifs is 1. The van der Waals surface area contributed by atoms with E-state index >= 15 is 0 Å². The van der Waals surface area contributed by atoms with Gasteiger partial charge in [-0.25, -0.2) is 0 Å². The summed E-state index contributed by atoms with van der Waals surface area (Å²) >= 11 is 0. The SMILES string of the molecule is CC1(C)Cc2occc2C(Nc2cccc(NC(=O)CO)c2)C1. The number of rotatable bonds is 4. The maximum absolute atomic E-state index is 11.3. The molecule has 2 aromatic rings. The van der Waals surface area contributed by atoms with E-state index in [1.54, 1.807) is 12.3 Å². The van der Waals surface area contributed by atoms with Crippen LogP contribution in [0, 0.1) is 5.41 Å². The van der Waals surface area contributed by atoms with E-state index in [0.29, 0.717) is 5.69 Å². The Bertz CT molecular complexity index is 706. The zero-order chi connectivity index (χ0) is 16.4. The van der Waals surface area contributed by atoms with Crippen molar-refractivity contribution in [3.05, 3.63) is 47.9 Å². The van der Waals surface area contributed by atoms with E-state index in [0.717, 1.165) is 24.3 Å². The lowest BCUT2D eigenvalue weighted by atomic mass is 9.74. The molecule has 3 N–H and O–H groups in total.